The van der Waals surface area contributed by atoms with Gasteiger partial charge in [0.05, 0.1) is 5.92 Å². The van der Waals surface area contributed by atoms with Crippen LogP contribution in [0.5, 0.6) is 0 Å². The van der Waals surface area contributed by atoms with Gasteiger partial charge in [-0.3, -0.25) is 9.59 Å². The topological polar surface area (TPSA) is 57.6 Å². The zero-order valence-corrected chi connectivity index (χ0v) is 9.62. The first kappa shape index (κ1) is 12.0. The molecule has 1 rings (SSSR count). The Morgan fingerprint density at radius 1 is 1.40 bits per heavy atom. The zero-order valence-electron chi connectivity index (χ0n) is 9.62. The number of carbonyl (C=O) groups excluding carboxylic acids is 1. The highest BCUT2D eigenvalue weighted by Gasteiger charge is 2.31. The Hall–Kier alpha value is -1.06. The standard InChI is InChI=1S/C11H19NO3/c1-11(2,3)6-9(13)12-5-4-8(7-12)10(14)15/h8H,4-7H2,1-3H3,(H,14,15)/t8-/m0/s1. The monoisotopic (exact) mass is 213 g/mol. The van der Waals surface area contributed by atoms with Crippen LogP contribution in [0.2, 0.25) is 0 Å². The van der Waals surface area contributed by atoms with Gasteiger partial charge >= 0.3 is 5.97 Å². The molecule has 0 aliphatic carbocycles. The molecule has 1 fully saturated rings. The van der Waals surface area contributed by atoms with Crippen LogP contribution in [0.1, 0.15) is 33.6 Å². The summed E-state index contributed by atoms with van der Waals surface area (Å²) in [5.41, 5.74) is -0.0294. The van der Waals surface area contributed by atoms with Gasteiger partial charge in [-0.2, -0.15) is 0 Å². The van der Waals surface area contributed by atoms with Crippen LogP contribution in [0.4, 0.5) is 0 Å². The van der Waals surface area contributed by atoms with Crippen LogP contribution in [0, 0.1) is 11.3 Å². The Balaban J connectivity index is 2.47. The van der Waals surface area contributed by atoms with Crippen LogP contribution in [0.25, 0.3) is 0 Å². The number of nitrogens with zero attached hydrogens (tertiary/aromatic N) is 1. The quantitative estimate of drug-likeness (QED) is 0.753. The Bertz CT molecular complexity index is 267. The van der Waals surface area contributed by atoms with E-state index in [1.54, 1.807) is 4.90 Å². The van der Waals surface area contributed by atoms with Crippen LogP contribution in [-0.2, 0) is 9.59 Å². The molecule has 0 saturated carbocycles. The summed E-state index contributed by atoms with van der Waals surface area (Å²) in [6.45, 7) is 7.00. The van der Waals surface area contributed by atoms with Gasteiger partial charge in [-0.1, -0.05) is 20.8 Å². The first-order valence-electron chi connectivity index (χ1n) is 5.30. The molecule has 0 aromatic carbocycles. The fourth-order valence-electron chi connectivity index (χ4n) is 1.75. The fourth-order valence-corrected chi connectivity index (χ4v) is 1.75. The third-order valence-electron chi connectivity index (χ3n) is 2.57. The van der Waals surface area contributed by atoms with Crippen LogP contribution in [0.3, 0.4) is 0 Å². The predicted molar refractivity (Wildman–Crippen MR) is 56.4 cm³/mol. The molecule has 1 amide bonds. The van der Waals surface area contributed by atoms with Gasteiger partial charge < -0.3 is 10.0 Å². The van der Waals surface area contributed by atoms with Gasteiger partial charge in [0, 0.05) is 19.5 Å². The van der Waals surface area contributed by atoms with Crippen molar-refractivity contribution < 1.29 is 14.7 Å². The third kappa shape index (κ3) is 3.53. The highest BCUT2D eigenvalue weighted by molar-refractivity contribution is 5.79. The van der Waals surface area contributed by atoms with Crippen molar-refractivity contribution in [2.45, 2.75) is 33.6 Å². The first-order chi connectivity index (χ1) is 6.79. The van der Waals surface area contributed by atoms with E-state index in [1.807, 2.05) is 20.8 Å². The summed E-state index contributed by atoms with van der Waals surface area (Å²) in [5.74, 6) is -1.08. The van der Waals surface area contributed by atoms with Gasteiger partial charge in [0.2, 0.25) is 5.91 Å². The van der Waals surface area contributed by atoms with Crippen molar-refractivity contribution in [2.24, 2.45) is 11.3 Å². The maximum atomic E-state index is 11.8. The number of carboxylic acids is 1. The van der Waals surface area contributed by atoms with E-state index in [9.17, 15) is 9.59 Å². The molecule has 1 aliphatic heterocycles. The molecule has 1 N–H and O–H groups in total. The molecular weight excluding hydrogens is 194 g/mol. The Morgan fingerprint density at radius 3 is 2.40 bits per heavy atom. The second-order valence-corrected chi connectivity index (χ2v) is 5.40. The molecule has 1 aliphatic rings. The second kappa shape index (κ2) is 4.21. The summed E-state index contributed by atoms with van der Waals surface area (Å²) in [7, 11) is 0. The molecule has 0 unspecified atom stereocenters. The maximum absolute atomic E-state index is 11.8. The van der Waals surface area contributed by atoms with Gasteiger partial charge in [-0.05, 0) is 11.8 Å². The van der Waals surface area contributed by atoms with Crippen molar-refractivity contribution >= 4 is 11.9 Å². The molecule has 1 saturated heterocycles. The number of likely N-dealkylation sites (tertiary alicyclic amines) is 1. The van der Waals surface area contributed by atoms with Gasteiger partial charge in [0.25, 0.3) is 0 Å². The average Bonchev–Trinajstić information content (AvgIpc) is 2.47. The highest BCUT2D eigenvalue weighted by Crippen LogP contribution is 2.23. The lowest BCUT2D eigenvalue weighted by Gasteiger charge is -2.22. The van der Waals surface area contributed by atoms with Crippen molar-refractivity contribution in [1.82, 2.24) is 4.90 Å². The lowest BCUT2D eigenvalue weighted by atomic mass is 9.92. The van der Waals surface area contributed by atoms with Crippen molar-refractivity contribution in [3.8, 4) is 0 Å². The van der Waals surface area contributed by atoms with E-state index in [0.717, 1.165) is 0 Å². The molecule has 0 radical (unpaired) electrons. The van der Waals surface area contributed by atoms with E-state index < -0.39 is 5.97 Å². The number of carboxylic acid groups (broad SMARTS) is 1. The first-order valence-corrected chi connectivity index (χ1v) is 5.30. The molecule has 86 valence electrons. The summed E-state index contributed by atoms with van der Waals surface area (Å²) in [5, 5.41) is 8.81. The fraction of sp³-hybridized carbons (Fsp3) is 0.818. The van der Waals surface area contributed by atoms with Crippen LogP contribution in [0.15, 0.2) is 0 Å². The maximum Gasteiger partial charge on any atom is 0.308 e. The van der Waals surface area contributed by atoms with E-state index in [4.69, 9.17) is 5.11 Å². The van der Waals surface area contributed by atoms with E-state index >= 15 is 0 Å². The van der Waals surface area contributed by atoms with Crippen LogP contribution in [-0.4, -0.2) is 35.0 Å². The molecule has 0 bridgehead atoms. The molecule has 1 atom stereocenters. The zero-order chi connectivity index (χ0) is 11.6. The van der Waals surface area contributed by atoms with E-state index in [-0.39, 0.29) is 17.2 Å². The van der Waals surface area contributed by atoms with E-state index in [1.165, 1.54) is 0 Å². The Labute approximate surface area is 90.3 Å². The summed E-state index contributed by atoms with van der Waals surface area (Å²) in [6, 6.07) is 0. The van der Waals surface area contributed by atoms with E-state index in [0.29, 0.717) is 25.9 Å². The summed E-state index contributed by atoms with van der Waals surface area (Å²) >= 11 is 0. The summed E-state index contributed by atoms with van der Waals surface area (Å²) in [4.78, 5) is 24.1. The van der Waals surface area contributed by atoms with Gasteiger partial charge in [0.15, 0.2) is 0 Å². The van der Waals surface area contributed by atoms with Crippen molar-refractivity contribution in [2.75, 3.05) is 13.1 Å². The van der Waals surface area contributed by atoms with Crippen molar-refractivity contribution in [3.05, 3.63) is 0 Å². The number of amides is 1. The van der Waals surface area contributed by atoms with Gasteiger partial charge in [-0.15, -0.1) is 0 Å². The largest absolute Gasteiger partial charge is 0.481 e. The molecule has 4 nitrogen and oxygen atoms in total. The van der Waals surface area contributed by atoms with Crippen LogP contribution < -0.4 is 0 Å². The molecular formula is C11H19NO3. The third-order valence-corrected chi connectivity index (χ3v) is 2.57. The van der Waals surface area contributed by atoms with Gasteiger partial charge in [0.1, 0.15) is 0 Å². The number of rotatable bonds is 2. The lowest BCUT2D eigenvalue weighted by Crippen LogP contribution is -2.32. The minimum absolute atomic E-state index is 0.0294. The molecule has 1 heterocycles. The minimum Gasteiger partial charge on any atom is -0.481 e. The van der Waals surface area contributed by atoms with E-state index in [2.05, 4.69) is 0 Å². The lowest BCUT2D eigenvalue weighted by molar-refractivity contribution is -0.141. The van der Waals surface area contributed by atoms with Gasteiger partial charge in [-0.25, -0.2) is 0 Å². The normalized spacial score (nSPS) is 21.8. The molecule has 0 aromatic rings. The number of hydrogen-bond acceptors (Lipinski definition) is 2. The average molecular weight is 213 g/mol. The smallest absolute Gasteiger partial charge is 0.308 e. The molecule has 0 spiro atoms. The van der Waals surface area contributed by atoms with Crippen molar-refractivity contribution in [1.29, 1.82) is 0 Å². The van der Waals surface area contributed by atoms with Crippen LogP contribution >= 0.6 is 0 Å². The minimum atomic E-state index is -0.791. The number of carbonyl (C=O) groups is 2. The summed E-state index contributed by atoms with van der Waals surface area (Å²) < 4.78 is 0. The second-order valence-electron chi connectivity index (χ2n) is 5.40. The highest BCUT2D eigenvalue weighted by atomic mass is 16.4. The SMILES string of the molecule is CC(C)(C)CC(=O)N1CC[C@H](C(=O)O)C1. The number of aliphatic carboxylic acids is 1. The predicted octanol–water partition coefficient (Wildman–Crippen LogP) is 1.36. The van der Waals surface area contributed by atoms with Crippen molar-refractivity contribution in [3.63, 3.8) is 0 Å². The molecule has 15 heavy (non-hydrogen) atoms. The Kier molecular flexibility index (Phi) is 3.37. The summed E-state index contributed by atoms with van der Waals surface area (Å²) in [6.07, 6.45) is 1.07. The Morgan fingerprint density at radius 2 is 2.00 bits per heavy atom. The molecule has 4 heteroatoms. The number of hydrogen-bond donors (Lipinski definition) is 1. The molecule has 0 aromatic heterocycles.